The number of halogens is 3. The first-order chi connectivity index (χ1) is 56.1. The second kappa shape index (κ2) is 43.6. The number of hydrogen-bond donors (Lipinski definition) is 15. The number of aromatic nitrogens is 12. The molecule has 18 atom stereocenters. The number of hydrogen-bond acceptors (Lipinski definition) is 40. The molecule has 4 fully saturated rings. The number of esters is 2. The van der Waals surface area contributed by atoms with Crippen LogP contribution in [0.1, 0.15) is 112 Å². The van der Waals surface area contributed by atoms with Gasteiger partial charge >= 0.3 is 72.8 Å². The lowest BCUT2D eigenvalue weighted by molar-refractivity contribution is -0.192. The van der Waals surface area contributed by atoms with Crippen molar-refractivity contribution in [1.29, 1.82) is 0 Å². The van der Waals surface area contributed by atoms with Gasteiger partial charge in [0.05, 0.1) is 39.1 Å². The first-order valence-corrected chi connectivity index (χ1v) is 40.9. The van der Waals surface area contributed by atoms with Crippen LogP contribution in [0, 0.1) is 0 Å². The van der Waals surface area contributed by atoms with E-state index < -0.39 is 203 Å². The lowest BCUT2D eigenvalue weighted by atomic mass is 10.1. The van der Waals surface area contributed by atoms with E-state index in [2.05, 4.69) is 74.3 Å². The summed E-state index contributed by atoms with van der Waals surface area (Å²) < 4.78 is 156. The van der Waals surface area contributed by atoms with Gasteiger partial charge in [-0.3, -0.25) is 50.2 Å². The summed E-state index contributed by atoms with van der Waals surface area (Å²) in [6.45, 7) is 1.64. The predicted molar refractivity (Wildman–Crippen MR) is 403 cm³/mol. The third-order valence-corrected chi connectivity index (χ3v) is 20.0. The highest BCUT2D eigenvalue weighted by Gasteiger charge is 2.53. The Morgan fingerprint density at radius 1 is 0.607 bits per heavy atom. The number of unbranched alkanes of at least 4 members (excludes halogenated alkanes) is 2. The number of aliphatic hydroxyl groups excluding tert-OH is 2. The number of carbonyl (C=O) groups excluding carboxylic acids is 3. The Hall–Kier alpha value is -9.69. The molecule has 10 rings (SSSR count). The van der Waals surface area contributed by atoms with Crippen LogP contribution in [0.3, 0.4) is 0 Å². The van der Waals surface area contributed by atoms with Gasteiger partial charge in [0.15, 0.2) is 47.6 Å². The molecular weight excluding hydrogens is 1740 g/mol. The molecule has 0 saturated carbocycles. The zero-order chi connectivity index (χ0) is 88.6. The average molecular weight is 1830 g/mol. The molecule has 122 heavy (non-hydrogen) atoms. The number of nitrogens with one attached hydrogen (secondary N) is 1. The number of amides is 1. The largest absolute Gasteiger partial charge is 0.490 e. The second-order valence-electron chi connectivity index (χ2n) is 26.8. The summed E-state index contributed by atoms with van der Waals surface area (Å²) in [6, 6.07) is -0.00324. The Labute approximate surface area is 684 Å². The molecule has 0 aromatic carbocycles. The Morgan fingerprint density at radius 2 is 1.00 bits per heavy atom. The molecule has 0 aliphatic carbocycles. The van der Waals surface area contributed by atoms with E-state index >= 15 is 0 Å². The van der Waals surface area contributed by atoms with E-state index in [1.54, 1.807) is 20.8 Å². The number of nitrogens with two attached hydrogens (primary N) is 5. The van der Waals surface area contributed by atoms with Gasteiger partial charge in [-0.2, -0.15) is 23.1 Å². The number of aliphatic hydroxyl groups is 2. The van der Waals surface area contributed by atoms with Crippen molar-refractivity contribution in [3.63, 3.8) is 0 Å². The molecule has 4 aliphatic heterocycles. The van der Waals surface area contributed by atoms with E-state index in [0.717, 1.165) is 21.8 Å². The van der Waals surface area contributed by atoms with E-state index in [1.165, 1.54) is 46.3 Å². The molecule has 6 aromatic heterocycles. The van der Waals surface area contributed by atoms with Crippen molar-refractivity contribution in [2.45, 2.75) is 197 Å². The maximum atomic E-state index is 13.8. The molecule has 0 bridgehead atoms. The number of nitrogen functional groups attached to an aromatic ring is 4. The Morgan fingerprint density at radius 3 is 1.38 bits per heavy atom. The molecule has 2 unspecified atom stereocenters. The highest BCUT2D eigenvalue weighted by Crippen LogP contribution is 2.52. The summed E-state index contributed by atoms with van der Waals surface area (Å²) in [6.07, 6.45) is -18.8. The monoisotopic (exact) mass is 1830 g/mol. The van der Waals surface area contributed by atoms with Gasteiger partial charge in [0.2, 0.25) is 0 Å². The molecule has 678 valence electrons. The van der Waals surface area contributed by atoms with E-state index in [9.17, 15) is 95.0 Å². The molecule has 10 heterocycles. The number of nitrogens with zero attached hydrogens (tertiary/aromatic N) is 18. The third kappa shape index (κ3) is 29.0. The minimum Gasteiger partial charge on any atom is -0.475 e. The predicted octanol–water partition coefficient (Wildman–Crippen LogP) is 1.72. The lowest BCUT2D eigenvalue weighted by Gasteiger charge is -2.26. The Balaban J connectivity index is 0.000000347. The van der Waals surface area contributed by atoms with Crippen LogP contribution in [-0.2, 0) is 92.9 Å². The number of aliphatic carboxylic acids is 1. The van der Waals surface area contributed by atoms with Crippen molar-refractivity contribution in [3.05, 3.63) is 91.7 Å². The summed E-state index contributed by atoms with van der Waals surface area (Å²) in [5.41, 5.74) is 43.8. The maximum absolute atomic E-state index is 13.8. The number of anilines is 4. The highest BCUT2D eigenvalue weighted by molar-refractivity contribution is 7.47. The zero-order valence-electron chi connectivity index (χ0n) is 62.5. The van der Waals surface area contributed by atoms with Crippen molar-refractivity contribution in [2.24, 2.45) is 16.0 Å². The molecule has 0 spiro atoms. The number of carbonyl (C=O) groups is 4. The molecule has 4 saturated heterocycles. The molecule has 4 aliphatic rings. The van der Waals surface area contributed by atoms with Gasteiger partial charge < -0.3 is 112 Å². The van der Waals surface area contributed by atoms with Crippen LogP contribution in [0.25, 0.3) is 43.2 Å². The number of ether oxygens (including phenoxy) is 7. The fraction of sp³-hybridized carbons (Fsp3) is 0.627. The van der Waals surface area contributed by atoms with Crippen LogP contribution in [0.2, 0.25) is 0 Å². The van der Waals surface area contributed by atoms with Crippen LogP contribution in [0.5, 0.6) is 0 Å². The number of fused-ring (bicyclic) bond motifs is 2. The van der Waals surface area contributed by atoms with Crippen molar-refractivity contribution in [3.8, 4) is 0 Å². The fourth-order valence-corrected chi connectivity index (χ4v) is 14.2. The summed E-state index contributed by atoms with van der Waals surface area (Å²) in [5.74, 6) is -4.99. The molecular formula is C59H89F3N24O32P4. The van der Waals surface area contributed by atoms with Crippen molar-refractivity contribution >= 4 is 101 Å². The summed E-state index contributed by atoms with van der Waals surface area (Å²) in [7, 11) is -20.5. The number of azide groups is 2. The van der Waals surface area contributed by atoms with Crippen molar-refractivity contribution in [1.82, 2.24) is 63.5 Å². The molecule has 20 N–H and O–H groups in total. The SMILES string of the molecule is C.C.CC(C)(C)OC(=O)N[C@@H](CCCCN=[N+]=[N-])C(=O)O[C@H]1[C@@H](O)[C@H](n2cnc3c(N)ncnc32)O[C@@H]1COP(=O)(O)O[C@H]1C[C@H](n2ccc(N)nc2=O)O[C@@H]1COP(=O)(O)O.O=C(O)C(F)(F)F.[N-]=[N+]=NCCCC[C@H](N)C(=O)O[C@H]1[C@@H](O)[C@H](n2cnc3c(N)ncnc32)O[C@@H]1COP(=O)(O)O[C@H]1C[C@H](n2ccc(N)nc2=O)O[C@@H]1COP(=O)(O)O. The van der Waals surface area contributed by atoms with Gasteiger partial charge in [-0.25, -0.2) is 72.1 Å². The molecule has 63 heteroatoms. The number of carboxylic acids is 1. The highest BCUT2D eigenvalue weighted by atomic mass is 31.2. The van der Waals surface area contributed by atoms with E-state index in [4.69, 9.17) is 101 Å². The van der Waals surface area contributed by atoms with Crippen LogP contribution in [0.15, 0.2) is 69.7 Å². The molecule has 1 amide bonds. The number of imidazole rings is 2. The van der Waals surface area contributed by atoms with E-state index in [0.29, 0.717) is 19.3 Å². The van der Waals surface area contributed by atoms with Crippen molar-refractivity contribution < 1.29 is 156 Å². The van der Waals surface area contributed by atoms with Gasteiger partial charge in [0.25, 0.3) is 0 Å². The van der Waals surface area contributed by atoms with E-state index in [-0.39, 0.29) is 106 Å². The van der Waals surface area contributed by atoms with Crippen LogP contribution >= 0.6 is 31.3 Å². The topological polar surface area (TPSA) is 835 Å². The summed E-state index contributed by atoms with van der Waals surface area (Å²) >= 11 is 0. The zero-order valence-corrected chi connectivity index (χ0v) is 66.1. The number of rotatable bonds is 35. The van der Waals surface area contributed by atoms with Crippen molar-refractivity contribution in [2.75, 3.05) is 62.5 Å². The third-order valence-electron chi connectivity index (χ3n) is 17.0. The average Bonchev–Trinajstić information content (AvgIpc) is 1.62. The quantitative estimate of drug-likeness (QED) is 0.00512. The smallest absolute Gasteiger partial charge is 0.475 e. The number of phosphoric acid groups is 4. The minimum atomic E-state index is -5.24. The summed E-state index contributed by atoms with van der Waals surface area (Å²) in [4.78, 5) is 169. The van der Waals surface area contributed by atoms with Gasteiger partial charge in [-0.05, 0) is 69.6 Å². The lowest BCUT2D eigenvalue weighted by Crippen LogP contribution is -2.47. The molecule has 0 radical (unpaired) electrons. The van der Waals surface area contributed by atoms with Gasteiger partial charge in [-0.1, -0.05) is 37.9 Å². The van der Waals surface area contributed by atoms with Crippen LogP contribution in [-0.4, -0.2) is 251 Å². The number of alkyl halides is 3. The first-order valence-electron chi connectivity index (χ1n) is 34.9. The Bertz CT molecular complexity index is 5010. The standard InChI is InChI=1S/C30H44N12O16P2.C25H36N12O14P2.C2HF3O2.2CH4/c1-30(2,3)57-29(46)38-15(6-4-5-8-37-40-33)27(44)56-23-18(55-26(22(23)43)42-14-36-21-24(32)34-13-35-25(21)42)12-53-60(50,51)58-16-10-20(41-9-7-19(31)39-28(41)45)54-17(16)11-52-59(47,48)49;26-12(3-1-2-5-33-35-29)24(39)50-20-15(49-23(19(20)38)37-11-32-18-21(28)30-10-31-22(18)37)9-47-53(44,45)51-13-7-17(36-6-4-16(27)34-25(36)40)48-14(13)8-46-52(41,42)43;3-2(4,5)1(6)7;;/h7,9,13-18,20,22-23,26,43H,4-6,8,10-12H2,1-3H3,(H,38,46)(H,50,51)(H2,31,39,45)(H2,32,34,35)(H2,47,48,49);4,6,10-15,17,19-20,23,38H,1-3,5,7-9,26H2,(H,44,45)(H2,27,34,40)(H2,28,30,31)(H2,41,42,43);(H,6,7);2*1H4/t15-,16-,17+,18+,20+,22+,23+,26+;12-,13-,14+,15+,17+,19+,20+,23+;;;/m00.../s1. The maximum Gasteiger partial charge on any atom is 0.490 e. The number of alkyl carbamates (subject to hydrolysis) is 1. The minimum absolute atomic E-state index is 0. The van der Waals surface area contributed by atoms with Gasteiger partial charge in [0.1, 0.15) is 114 Å². The number of carboxylic acid groups (broad SMARTS) is 1. The van der Waals surface area contributed by atoms with Gasteiger partial charge in [0, 0.05) is 48.1 Å². The second-order valence-corrected chi connectivity index (χ2v) is 32.1. The normalized spacial score (nSPS) is 24.2. The van der Waals surface area contributed by atoms with E-state index in [1.807, 2.05) is 0 Å². The van der Waals surface area contributed by atoms with Crippen LogP contribution in [0.4, 0.5) is 41.2 Å². The van der Waals surface area contributed by atoms with Gasteiger partial charge in [-0.15, -0.1) is 0 Å². The summed E-state index contributed by atoms with van der Waals surface area (Å²) in [5, 5.41) is 39.4. The molecule has 56 nitrogen and oxygen atoms in total. The fourth-order valence-electron chi connectivity index (χ4n) is 11.6. The van der Waals surface area contributed by atoms with Crippen LogP contribution < -0.4 is 45.4 Å². The Kier molecular flexibility index (Phi) is 36.1. The number of phosphoric ester groups is 4. The molecule has 6 aromatic rings. The first kappa shape index (κ1) is 101.